The average Bonchev–Trinajstić information content (AvgIpc) is 3.26. The van der Waals surface area contributed by atoms with Crippen molar-refractivity contribution >= 4 is 11.9 Å². The van der Waals surface area contributed by atoms with Crippen LogP contribution in [-0.4, -0.2) is 30.2 Å². The second-order valence-corrected chi connectivity index (χ2v) is 6.98. The minimum atomic E-state index is -0.784. The second-order valence-electron chi connectivity index (χ2n) is 6.98. The Labute approximate surface area is 142 Å². The van der Waals surface area contributed by atoms with Crippen LogP contribution in [0.1, 0.15) is 43.7 Å². The Morgan fingerprint density at radius 3 is 2.54 bits per heavy atom. The fourth-order valence-electron chi connectivity index (χ4n) is 3.80. The summed E-state index contributed by atoms with van der Waals surface area (Å²) in [5, 5.41) is 12.3. The molecule has 1 saturated carbocycles. The van der Waals surface area contributed by atoms with Crippen LogP contribution in [-0.2, 0) is 14.3 Å². The molecule has 1 aromatic carbocycles. The summed E-state index contributed by atoms with van der Waals surface area (Å²) in [4.78, 5) is 23.7. The standard InChI is InChI=1S/C19H25NO4/c21-18(15-6-7-16(11-15)19(22)23)20-17(10-13-8-9-24-12-13)14-4-2-1-3-5-14/h1-5,13,15-17H,6-12H2,(H,20,21)(H,22,23)/t13?,15-,16+,17?/m0/s1. The Balaban J connectivity index is 1.65. The molecule has 1 heterocycles. The van der Waals surface area contributed by atoms with E-state index in [0.717, 1.165) is 31.6 Å². The van der Waals surface area contributed by atoms with E-state index in [4.69, 9.17) is 9.84 Å². The van der Waals surface area contributed by atoms with Gasteiger partial charge in [0.15, 0.2) is 0 Å². The third kappa shape index (κ3) is 4.15. The Bertz CT molecular complexity index is 568. The van der Waals surface area contributed by atoms with Crippen molar-refractivity contribution in [3.63, 3.8) is 0 Å². The van der Waals surface area contributed by atoms with E-state index in [0.29, 0.717) is 25.2 Å². The molecule has 0 spiro atoms. The van der Waals surface area contributed by atoms with Gasteiger partial charge in [-0.3, -0.25) is 9.59 Å². The predicted molar refractivity (Wildman–Crippen MR) is 89.3 cm³/mol. The molecule has 5 nitrogen and oxygen atoms in total. The van der Waals surface area contributed by atoms with E-state index < -0.39 is 5.97 Å². The Morgan fingerprint density at radius 1 is 1.17 bits per heavy atom. The van der Waals surface area contributed by atoms with Crippen LogP contribution in [0.2, 0.25) is 0 Å². The van der Waals surface area contributed by atoms with Crippen molar-refractivity contribution in [1.82, 2.24) is 5.32 Å². The van der Waals surface area contributed by atoms with Gasteiger partial charge in [0.2, 0.25) is 5.91 Å². The lowest BCUT2D eigenvalue weighted by Crippen LogP contribution is -2.34. The first-order chi connectivity index (χ1) is 11.6. The first-order valence-electron chi connectivity index (χ1n) is 8.79. The number of rotatable bonds is 6. The SMILES string of the molecule is O=C(O)[C@@H]1CC[C@H](C(=O)NC(CC2CCOC2)c2ccccc2)C1. The minimum Gasteiger partial charge on any atom is -0.481 e. The molecule has 2 fully saturated rings. The molecule has 0 aromatic heterocycles. The molecule has 1 aliphatic carbocycles. The number of benzene rings is 1. The molecule has 4 atom stereocenters. The highest BCUT2D eigenvalue weighted by molar-refractivity contribution is 5.81. The van der Waals surface area contributed by atoms with Crippen LogP contribution in [0, 0.1) is 17.8 Å². The van der Waals surface area contributed by atoms with Gasteiger partial charge < -0.3 is 15.2 Å². The molecule has 0 bridgehead atoms. The Hall–Kier alpha value is -1.88. The van der Waals surface area contributed by atoms with Crippen LogP contribution in [0.5, 0.6) is 0 Å². The minimum absolute atomic E-state index is 0.00785. The summed E-state index contributed by atoms with van der Waals surface area (Å²) in [5.41, 5.74) is 1.10. The predicted octanol–water partition coefficient (Wildman–Crippen LogP) is 2.77. The van der Waals surface area contributed by atoms with Gasteiger partial charge in [0.1, 0.15) is 0 Å². The number of hydrogen-bond acceptors (Lipinski definition) is 3. The molecule has 3 rings (SSSR count). The highest BCUT2D eigenvalue weighted by Gasteiger charge is 2.35. The zero-order valence-corrected chi connectivity index (χ0v) is 13.8. The van der Waals surface area contributed by atoms with Crippen LogP contribution >= 0.6 is 0 Å². The van der Waals surface area contributed by atoms with E-state index >= 15 is 0 Å². The number of amides is 1. The van der Waals surface area contributed by atoms with Crippen molar-refractivity contribution in [3.05, 3.63) is 35.9 Å². The van der Waals surface area contributed by atoms with E-state index in [2.05, 4.69) is 5.32 Å². The summed E-state index contributed by atoms with van der Waals surface area (Å²) in [5.74, 6) is -0.887. The van der Waals surface area contributed by atoms with Crippen molar-refractivity contribution < 1.29 is 19.4 Å². The van der Waals surface area contributed by atoms with Gasteiger partial charge in [0.25, 0.3) is 0 Å². The fourth-order valence-corrected chi connectivity index (χ4v) is 3.80. The second kappa shape index (κ2) is 7.79. The summed E-state index contributed by atoms with van der Waals surface area (Å²) in [6.07, 6.45) is 3.61. The highest BCUT2D eigenvalue weighted by Crippen LogP contribution is 2.33. The normalized spacial score (nSPS) is 27.8. The maximum atomic E-state index is 12.6. The molecule has 1 amide bonds. The van der Waals surface area contributed by atoms with Crippen molar-refractivity contribution in [2.45, 2.75) is 38.1 Å². The molecule has 1 aliphatic heterocycles. The van der Waals surface area contributed by atoms with Crippen LogP contribution in [0.25, 0.3) is 0 Å². The summed E-state index contributed by atoms with van der Waals surface area (Å²) in [6, 6.07) is 9.97. The molecular formula is C19H25NO4. The van der Waals surface area contributed by atoms with Crippen molar-refractivity contribution in [3.8, 4) is 0 Å². The Morgan fingerprint density at radius 2 is 1.92 bits per heavy atom. The monoisotopic (exact) mass is 331 g/mol. The quantitative estimate of drug-likeness (QED) is 0.840. The molecule has 1 aromatic rings. The summed E-state index contributed by atoms with van der Waals surface area (Å²) in [7, 11) is 0. The number of hydrogen-bond donors (Lipinski definition) is 2. The molecular weight excluding hydrogens is 306 g/mol. The third-order valence-corrected chi connectivity index (χ3v) is 5.26. The van der Waals surface area contributed by atoms with Crippen LogP contribution in [0.4, 0.5) is 0 Å². The first kappa shape index (κ1) is 17.0. The average molecular weight is 331 g/mol. The van der Waals surface area contributed by atoms with Gasteiger partial charge in [-0.1, -0.05) is 30.3 Å². The molecule has 2 unspecified atom stereocenters. The Kier molecular flexibility index (Phi) is 5.51. The number of aliphatic carboxylic acids is 1. The van der Waals surface area contributed by atoms with Crippen molar-refractivity contribution in [2.75, 3.05) is 13.2 Å². The largest absolute Gasteiger partial charge is 0.481 e. The smallest absolute Gasteiger partial charge is 0.306 e. The van der Waals surface area contributed by atoms with Crippen LogP contribution < -0.4 is 5.32 Å². The van der Waals surface area contributed by atoms with Gasteiger partial charge in [0, 0.05) is 19.1 Å². The van der Waals surface area contributed by atoms with Gasteiger partial charge in [-0.15, -0.1) is 0 Å². The number of carboxylic acid groups (broad SMARTS) is 1. The fraction of sp³-hybridized carbons (Fsp3) is 0.579. The van der Waals surface area contributed by atoms with E-state index in [-0.39, 0.29) is 23.8 Å². The van der Waals surface area contributed by atoms with Gasteiger partial charge in [-0.05, 0) is 43.6 Å². The molecule has 0 radical (unpaired) electrons. The molecule has 130 valence electrons. The summed E-state index contributed by atoms with van der Waals surface area (Å²) < 4.78 is 5.46. The topological polar surface area (TPSA) is 75.6 Å². The molecule has 24 heavy (non-hydrogen) atoms. The van der Waals surface area contributed by atoms with E-state index in [1.807, 2.05) is 30.3 Å². The van der Waals surface area contributed by atoms with Crippen LogP contribution in [0.3, 0.4) is 0 Å². The lowest BCUT2D eigenvalue weighted by atomic mass is 9.93. The molecule has 1 saturated heterocycles. The van der Waals surface area contributed by atoms with E-state index in [1.54, 1.807) is 0 Å². The summed E-state index contributed by atoms with van der Waals surface area (Å²) in [6.45, 7) is 1.55. The number of carboxylic acids is 1. The molecule has 2 aliphatic rings. The third-order valence-electron chi connectivity index (χ3n) is 5.26. The molecule has 5 heteroatoms. The zero-order chi connectivity index (χ0) is 16.9. The number of ether oxygens (including phenoxy) is 1. The van der Waals surface area contributed by atoms with E-state index in [9.17, 15) is 9.59 Å². The first-order valence-corrected chi connectivity index (χ1v) is 8.79. The summed E-state index contributed by atoms with van der Waals surface area (Å²) >= 11 is 0. The van der Waals surface area contributed by atoms with E-state index in [1.165, 1.54) is 0 Å². The zero-order valence-electron chi connectivity index (χ0n) is 13.8. The maximum Gasteiger partial charge on any atom is 0.306 e. The number of carbonyl (C=O) groups excluding carboxylic acids is 1. The highest BCUT2D eigenvalue weighted by atomic mass is 16.5. The van der Waals surface area contributed by atoms with Crippen molar-refractivity contribution in [1.29, 1.82) is 0 Å². The van der Waals surface area contributed by atoms with Crippen molar-refractivity contribution in [2.24, 2.45) is 17.8 Å². The lowest BCUT2D eigenvalue weighted by molar-refractivity contribution is -0.141. The number of nitrogens with one attached hydrogen (secondary N) is 1. The maximum absolute atomic E-state index is 12.6. The van der Waals surface area contributed by atoms with Gasteiger partial charge >= 0.3 is 5.97 Å². The van der Waals surface area contributed by atoms with Gasteiger partial charge in [-0.2, -0.15) is 0 Å². The van der Waals surface area contributed by atoms with Gasteiger partial charge in [0.05, 0.1) is 12.0 Å². The molecule has 2 N–H and O–H groups in total. The van der Waals surface area contributed by atoms with Gasteiger partial charge in [-0.25, -0.2) is 0 Å². The van der Waals surface area contributed by atoms with Crippen LogP contribution in [0.15, 0.2) is 30.3 Å². The lowest BCUT2D eigenvalue weighted by Gasteiger charge is -2.23. The number of carbonyl (C=O) groups is 2.